The van der Waals surface area contributed by atoms with Gasteiger partial charge in [0.2, 0.25) is 0 Å². The van der Waals surface area contributed by atoms with Crippen LogP contribution in [-0.4, -0.2) is 250 Å². The molecular formula is C30H52O24. The van der Waals surface area contributed by atoms with Gasteiger partial charge in [0, 0.05) is 0 Å². The molecule has 0 aromatic rings. The number of hydrogen-bond acceptors (Lipinski definition) is 24. The zero-order valence-electron chi connectivity index (χ0n) is 28.9. The van der Waals surface area contributed by atoms with Gasteiger partial charge in [-0.3, -0.25) is 0 Å². The van der Waals surface area contributed by atoms with E-state index in [0.717, 1.165) is 0 Å². The molecule has 5 fully saturated rings. The predicted octanol–water partition coefficient (Wildman–Crippen LogP) is -9.87. The second-order valence-corrected chi connectivity index (χ2v) is 13.9. The molecule has 0 amide bonds. The lowest BCUT2D eigenvalue weighted by Crippen LogP contribution is -2.68. The third-order valence-corrected chi connectivity index (χ3v) is 10.2. The Balaban J connectivity index is 1.42. The Labute approximate surface area is 306 Å². The molecule has 0 aliphatic carbocycles. The Bertz CT molecular complexity index is 1170. The largest absolute Gasteiger partial charge is 0.394 e. The Morgan fingerprint density at radius 2 is 0.722 bits per heavy atom. The van der Waals surface area contributed by atoms with Gasteiger partial charge in [-0.05, 0) is 13.8 Å². The van der Waals surface area contributed by atoms with Crippen molar-refractivity contribution in [3.8, 4) is 0 Å². The first-order chi connectivity index (χ1) is 25.4. The third-order valence-electron chi connectivity index (χ3n) is 10.2. The number of hydrogen-bond donors (Lipinski definition) is 15. The van der Waals surface area contributed by atoms with E-state index in [2.05, 4.69) is 0 Å². The Hall–Kier alpha value is -0.960. The van der Waals surface area contributed by atoms with Crippen molar-refractivity contribution in [1.82, 2.24) is 0 Å². The van der Waals surface area contributed by atoms with Crippen LogP contribution >= 0.6 is 0 Å². The Kier molecular flexibility index (Phi) is 15.0. The summed E-state index contributed by atoms with van der Waals surface area (Å²) in [7, 11) is 0. The molecule has 0 aromatic heterocycles. The van der Waals surface area contributed by atoms with Crippen LogP contribution in [0.1, 0.15) is 13.8 Å². The standard InChI is InChI=1S/C30H52O24/c1-6-11(34)15(38)18(41)27(46-6)52-23-14(37)9(4-32)49-29(20(23)43)51-22-10(5-33)50-30(54-25-17(40)13(36)8(3-31)48-26(25)45)21(44)24(22)53-28-19(42)16(39)12(35)7(2)47-28/h6-45H,3-5H2,1-2H3/t6-,7-,8+,9+,10+,11-,12-,13+,14+,15+,16+,17-,18+,19+,20+,21+,22+,23-,24+,25+,26-,27-,28-,29-,30+/m0/s1. The minimum Gasteiger partial charge on any atom is -0.394 e. The maximum absolute atomic E-state index is 11.6. The van der Waals surface area contributed by atoms with Crippen molar-refractivity contribution in [2.24, 2.45) is 0 Å². The molecule has 0 saturated carbocycles. The van der Waals surface area contributed by atoms with Gasteiger partial charge >= 0.3 is 0 Å². The van der Waals surface area contributed by atoms with Crippen LogP contribution in [0.2, 0.25) is 0 Å². The molecule has 0 aromatic carbocycles. The summed E-state index contributed by atoms with van der Waals surface area (Å²) in [4.78, 5) is 0. The van der Waals surface area contributed by atoms with Crippen LogP contribution < -0.4 is 0 Å². The smallest absolute Gasteiger partial charge is 0.187 e. The van der Waals surface area contributed by atoms with Gasteiger partial charge in [-0.1, -0.05) is 0 Å². The highest BCUT2D eigenvalue weighted by Crippen LogP contribution is 2.36. The number of aliphatic hydroxyl groups is 15. The first kappa shape index (κ1) is 44.1. The first-order valence-corrected chi connectivity index (χ1v) is 17.3. The van der Waals surface area contributed by atoms with E-state index >= 15 is 0 Å². The van der Waals surface area contributed by atoms with Crippen LogP contribution in [-0.2, 0) is 42.6 Å². The molecule has 24 heteroatoms. The van der Waals surface area contributed by atoms with Gasteiger partial charge in [-0.15, -0.1) is 0 Å². The SMILES string of the molecule is C[C@@H]1O[C@@H](O[C@@H]2[C@@H](O)[C@H](O[C@H]3[C@H](O[C@@H]4O[C@@H](C)[C@H](O)[C@@H](O)[C@H]4O)[C@@H](O)[C@@H](O[C@@H]4[C@@H](O)[C@H](O)[C@@H](CO)O[C@@H]4O)O[C@@H]3CO)O[C@H](CO)[C@H]2O)[C@H](O)[C@H](O)[C@H]1O. The van der Waals surface area contributed by atoms with E-state index in [9.17, 15) is 76.6 Å². The third kappa shape index (κ3) is 8.72. The fraction of sp³-hybridized carbons (Fsp3) is 1.00. The maximum atomic E-state index is 11.6. The highest BCUT2D eigenvalue weighted by molar-refractivity contribution is 4.99. The summed E-state index contributed by atoms with van der Waals surface area (Å²) in [6, 6.07) is 0. The molecule has 25 atom stereocenters. The van der Waals surface area contributed by atoms with E-state index in [4.69, 9.17) is 42.6 Å². The van der Waals surface area contributed by atoms with Gasteiger partial charge < -0.3 is 119 Å². The molecule has 0 bridgehead atoms. The first-order valence-electron chi connectivity index (χ1n) is 17.3. The number of aliphatic hydroxyl groups excluding tert-OH is 15. The molecule has 15 N–H and O–H groups in total. The van der Waals surface area contributed by atoms with Crippen LogP contribution in [0, 0.1) is 0 Å². The van der Waals surface area contributed by atoms with Gasteiger partial charge in [0.1, 0.15) is 110 Å². The average molecular weight is 797 g/mol. The highest BCUT2D eigenvalue weighted by atomic mass is 16.8. The summed E-state index contributed by atoms with van der Waals surface area (Å²) in [6.07, 6.45) is -44.3. The lowest BCUT2D eigenvalue weighted by Gasteiger charge is -2.50. The zero-order chi connectivity index (χ0) is 39.9. The molecular weight excluding hydrogens is 744 g/mol. The highest BCUT2D eigenvalue weighted by Gasteiger charge is 2.57. The van der Waals surface area contributed by atoms with Crippen LogP contribution in [0.5, 0.6) is 0 Å². The van der Waals surface area contributed by atoms with E-state index in [1.54, 1.807) is 0 Å². The van der Waals surface area contributed by atoms with Crippen LogP contribution in [0.3, 0.4) is 0 Å². The summed E-state index contributed by atoms with van der Waals surface area (Å²) >= 11 is 0. The van der Waals surface area contributed by atoms with E-state index in [-0.39, 0.29) is 0 Å². The van der Waals surface area contributed by atoms with Gasteiger partial charge in [-0.25, -0.2) is 0 Å². The molecule has 5 heterocycles. The second kappa shape index (κ2) is 18.3. The monoisotopic (exact) mass is 796 g/mol. The summed E-state index contributed by atoms with van der Waals surface area (Å²) in [5, 5.41) is 157. The maximum Gasteiger partial charge on any atom is 0.187 e. The Morgan fingerprint density at radius 3 is 1.22 bits per heavy atom. The van der Waals surface area contributed by atoms with Crippen molar-refractivity contribution in [3.05, 3.63) is 0 Å². The molecule has 24 nitrogen and oxygen atoms in total. The van der Waals surface area contributed by atoms with Crippen molar-refractivity contribution in [1.29, 1.82) is 0 Å². The number of rotatable bonds is 11. The van der Waals surface area contributed by atoms with Gasteiger partial charge in [0.25, 0.3) is 0 Å². The normalized spacial score (nSPS) is 54.7. The fourth-order valence-corrected chi connectivity index (χ4v) is 6.89. The molecule has 5 aliphatic heterocycles. The predicted molar refractivity (Wildman–Crippen MR) is 164 cm³/mol. The molecule has 316 valence electrons. The fourth-order valence-electron chi connectivity index (χ4n) is 6.89. The van der Waals surface area contributed by atoms with E-state index in [0.29, 0.717) is 0 Å². The molecule has 0 unspecified atom stereocenters. The van der Waals surface area contributed by atoms with Crippen molar-refractivity contribution in [3.63, 3.8) is 0 Å². The van der Waals surface area contributed by atoms with Crippen molar-refractivity contribution >= 4 is 0 Å². The van der Waals surface area contributed by atoms with Crippen LogP contribution in [0.25, 0.3) is 0 Å². The lowest BCUT2D eigenvalue weighted by molar-refractivity contribution is -0.405. The van der Waals surface area contributed by atoms with Crippen molar-refractivity contribution in [2.45, 2.75) is 167 Å². The molecule has 5 saturated heterocycles. The van der Waals surface area contributed by atoms with Crippen molar-refractivity contribution < 1.29 is 119 Å². The van der Waals surface area contributed by atoms with Gasteiger partial charge in [0.15, 0.2) is 31.5 Å². The lowest BCUT2D eigenvalue weighted by atomic mass is 9.95. The van der Waals surface area contributed by atoms with Crippen LogP contribution in [0.15, 0.2) is 0 Å². The quantitative estimate of drug-likeness (QED) is 0.0923. The summed E-state index contributed by atoms with van der Waals surface area (Å²) in [5.41, 5.74) is 0. The van der Waals surface area contributed by atoms with Crippen LogP contribution in [0.4, 0.5) is 0 Å². The summed E-state index contributed by atoms with van der Waals surface area (Å²) < 4.78 is 50.3. The van der Waals surface area contributed by atoms with E-state index in [1.807, 2.05) is 0 Å². The van der Waals surface area contributed by atoms with E-state index in [1.165, 1.54) is 13.8 Å². The van der Waals surface area contributed by atoms with E-state index < -0.39 is 173 Å². The Morgan fingerprint density at radius 1 is 0.333 bits per heavy atom. The zero-order valence-corrected chi connectivity index (χ0v) is 28.9. The number of ether oxygens (including phenoxy) is 9. The van der Waals surface area contributed by atoms with Crippen molar-refractivity contribution in [2.75, 3.05) is 19.8 Å². The minimum absolute atomic E-state index is 0.803. The topological polar surface area (TPSA) is 387 Å². The molecule has 5 rings (SSSR count). The van der Waals surface area contributed by atoms with Gasteiger partial charge in [-0.2, -0.15) is 0 Å². The molecule has 0 radical (unpaired) electrons. The average Bonchev–Trinajstić information content (AvgIpc) is 3.15. The van der Waals surface area contributed by atoms with Gasteiger partial charge in [0.05, 0.1) is 32.0 Å². The molecule has 54 heavy (non-hydrogen) atoms. The molecule has 5 aliphatic rings. The minimum atomic E-state index is -2.13. The molecule has 0 spiro atoms. The summed E-state index contributed by atoms with van der Waals surface area (Å²) in [6.45, 7) is -0.0501. The second-order valence-electron chi connectivity index (χ2n) is 13.9. The summed E-state index contributed by atoms with van der Waals surface area (Å²) in [5.74, 6) is 0.